The predicted molar refractivity (Wildman–Crippen MR) is 129 cm³/mol. The molecule has 0 aromatic heterocycles. The van der Waals surface area contributed by atoms with Crippen LogP contribution >= 0.6 is 0 Å². The van der Waals surface area contributed by atoms with Crippen molar-refractivity contribution >= 4 is 23.8 Å². The summed E-state index contributed by atoms with van der Waals surface area (Å²) in [4.78, 5) is 52.9. The summed E-state index contributed by atoms with van der Waals surface area (Å²) in [7, 11) is 2.48. The first-order valence-electron chi connectivity index (χ1n) is 11.6. The molecule has 1 saturated heterocycles. The largest absolute Gasteiger partial charge is 0.487 e. The number of para-hydroxylation sites is 1. The van der Waals surface area contributed by atoms with Crippen molar-refractivity contribution in [1.82, 2.24) is 4.90 Å². The molecule has 3 rings (SSSR count). The Hall–Kier alpha value is -3.88. The number of rotatable bonds is 7. The fraction of sp³-hybridized carbons (Fsp3) is 0.407. The topological polar surface area (TPSA) is 108 Å². The van der Waals surface area contributed by atoms with E-state index in [0.29, 0.717) is 5.56 Å². The summed E-state index contributed by atoms with van der Waals surface area (Å²) in [6.07, 6.45) is -1.03. The third-order valence-electron chi connectivity index (χ3n) is 5.71. The van der Waals surface area contributed by atoms with E-state index >= 15 is 0 Å². The van der Waals surface area contributed by atoms with E-state index in [4.69, 9.17) is 18.9 Å². The predicted octanol–water partition coefficient (Wildman–Crippen LogP) is 3.27. The van der Waals surface area contributed by atoms with Crippen LogP contribution in [-0.4, -0.2) is 67.2 Å². The van der Waals surface area contributed by atoms with E-state index < -0.39 is 47.5 Å². The van der Waals surface area contributed by atoms with Crippen molar-refractivity contribution in [2.45, 2.75) is 44.9 Å². The Bertz CT molecular complexity index is 1110. The van der Waals surface area contributed by atoms with E-state index in [-0.39, 0.29) is 24.3 Å². The van der Waals surface area contributed by atoms with E-state index in [0.717, 1.165) is 0 Å². The highest BCUT2D eigenvalue weighted by molar-refractivity contribution is 5.97. The van der Waals surface area contributed by atoms with E-state index in [1.54, 1.807) is 75.4 Å². The van der Waals surface area contributed by atoms with Gasteiger partial charge in [0.25, 0.3) is 5.91 Å². The first kappa shape index (κ1) is 26.7. The third-order valence-corrected chi connectivity index (χ3v) is 5.71. The Morgan fingerprint density at radius 2 is 1.56 bits per heavy atom. The van der Waals surface area contributed by atoms with Crippen LogP contribution in [-0.2, 0) is 23.8 Å². The number of carbonyl (C=O) groups is 4. The van der Waals surface area contributed by atoms with Gasteiger partial charge in [-0.3, -0.25) is 9.59 Å². The summed E-state index contributed by atoms with van der Waals surface area (Å²) < 4.78 is 21.6. The Labute approximate surface area is 210 Å². The fourth-order valence-corrected chi connectivity index (χ4v) is 4.21. The molecule has 0 saturated carbocycles. The van der Waals surface area contributed by atoms with Crippen LogP contribution < -0.4 is 4.74 Å². The molecule has 3 atom stereocenters. The second-order valence-corrected chi connectivity index (χ2v) is 9.39. The minimum Gasteiger partial charge on any atom is -0.487 e. The maximum Gasteiger partial charge on any atom is 0.341 e. The third kappa shape index (κ3) is 6.21. The Kier molecular flexibility index (Phi) is 8.34. The lowest BCUT2D eigenvalue weighted by Gasteiger charge is -2.27. The van der Waals surface area contributed by atoms with E-state index in [1.807, 2.05) is 0 Å². The normalized spacial score (nSPS) is 19.4. The second-order valence-electron chi connectivity index (χ2n) is 9.39. The molecule has 0 bridgehead atoms. The molecule has 9 nitrogen and oxygen atoms in total. The number of hydrogen-bond donors (Lipinski definition) is 0. The van der Waals surface area contributed by atoms with Crippen molar-refractivity contribution in [3.05, 3.63) is 65.7 Å². The average molecular weight is 498 g/mol. The van der Waals surface area contributed by atoms with Crippen molar-refractivity contribution in [2.75, 3.05) is 20.8 Å². The molecule has 0 radical (unpaired) electrons. The molecule has 2 aromatic rings. The van der Waals surface area contributed by atoms with Crippen molar-refractivity contribution in [1.29, 1.82) is 0 Å². The molecular weight excluding hydrogens is 466 g/mol. The maximum atomic E-state index is 13.4. The molecule has 0 unspecified atom stereocenters. The molecule has 36 heavy (non-hydrogen) atoms. The SMILES string of the molecule is COC(=O)c1ccccc1O[C@@H]1CN(C(=O)c2ccccc2)[C@H](C(=O)OC)[C@H]1CC(=O)OC(C)(C)C. The zero-order valence-electron chi connectivity index (χ0n) is 21.1. The van der Waals surface area contributed by atoms with Crippen LogP contribution in [0.3, 0.4) is 0 Å². The van der Waals surface area contributed by atoms with Crippen LogP contribution in [0, 0.1) is 5.92 Å². The van der Waals surface area contributed by atoms with Crippen LogP contribution in [0.2, 0.25) is 0 Å². The van der Waals surface area contributed by atoms with Gasteiger partial charge in [0, 0.05) is 11.5 Å². The van der Waals surface area contributed by atoms with Gasteiger partial charge in [-0.1, -0.05) is 30.3 Å². The minimum atomic E-state index is -1.11. The summed E-state index contributed by atoms with van der Waals surface area (Å²) in [5, 5.41) is 0. The van der Waals surface area contributed by atoms with Crippen LogP contribution in [0.1, 0.15) is 47.9 Å². The first-order valence-corrected chi connectivity index (χ1v) is 11.6. The van der Waals surface area contributed by atoms with Gasteiger partial charge in [0.2, 0.25) is 0 Å². The molecule has 1 aliphatic rings. The summed E-state index contributed by atoms with van der Waals surface area (Å²) >= 11 is 0. The number of carbonyl (C=O) groups excluding carboxylic acids is 4. The van der Waals surface area contributed by atoms with Crippen LogP contribution in [0.4, 0.5) is 0 Å². The Balaban J connectivity index is 2.02. The van der Waals surface area contributed by atoms with Crippen molar-refractivity contribution in [2.24, 2.45) is 5.92 Å². The zero-order valence-corrected chi connectivity index (χ0v) is 21.1. The van der Waals surface area contributed by atoms with Gasteiger partial charge < -0.3 is 23.8 Å². The second kappa shape index (κ2) is 11.2. The van der Waals surface area contributed by atoms with Gasteiger partial charge >= 0.3 is 17.9 Å². The van der Waals surface area contributed by atoms with Gasteiger partial charge in [-0.25, -0.2) is 9.59 Å². The monoisotopic (exact) mass is 497 g/mol. The Morgan fingerprint density at radius 3 is 2.17 bits per heavy atom. The molecule has 0 spiro atoms. The van der Waals surface area contributed by atoms with Gasteiger partial charge in [-0.05, 0) is 45.0 Å². The fourth-order valence-electron chi connectivity index (χ4n) is 4.21. The molecule has 192 valence electrons. The summed E-state index contributed by atoms with van der Waals surface area (Å²) in [6, 6.07) is 13.9. The van der Waals surface area contributed by atoms with Gasteiger partial charge in [0.05, 0.1) is 27.2 Å². The summed E-state index contributed by atoms with van der Waals surface area (Å²) in [5.74, 6) is -2.83. The number of methoxy groups -OCH3 is 2. The van der Waals surface area contributed by atoms with Crippen molar-refractivity contribution in [3.8, 4) is 5.75 Å². The molecule has 1 amide bonds. The molecule has 9 heteroatoms. The van der Waals surface area contributed by atoms with Gasteiger partial charge in [0.1, 0.15) is 29.1 Å². The lowest BCUT2D eigenvalue weighted by Crippen LogP contribution is -2.44. The number of hydrogen-bond acceptors (Lipinski definition) is 8. The van der Waals surface area contributed by atoms with E-state index in [2.05, 4.69) is 0 Å². The number of likely N-dealkylation sites (tertiary alicyclic amines) is 1. The molecule has 2 aromatic carbocycles. The van der Waals surface area contributed by atoms with Crippen molar-refractivity contribution in [3.63, 3.8) is 0 Å². The smallest absolute Gasteiger partial charge is 0.341 e. The Morgan fingerprint density at radius 1 is 0.917 bits per heavy atom. The summed E-state index contributed by atoms with van der Waals surface area (Å²) in [6.45, 7) is 5.20. The van der Waals surface area contributed by atoms with Crippen LogP contribution in [0.25, 0.3) is 0 Å². The number of esters is 3. The molecule has 1 fully saturated rings. The maximum absolute atomic E-state index is 13.4. The lowest BCUT2D eigenvalue weighted by atomic mass is 9.93. The lowest BCUT2D eigenvalue weighted by molar-refractivity contribution is -0.157. The van der Waals surface area contributed by atoms with Gasteiger partial charge in [0.15, 0.2) is 0 Å². The van der Waals surface area contributed by atoms with Gasteiger partial charge in [-0.15, -0.1) is 0 Å². The van der Waals surface area contributed by atoms with Crippen molar-refractivity contribution < 1.29 is 38.1 Å². The number of nitrogens with zero attached hydrogens (tertiary/aromatic N) is 1. The first-order chi connectivity index (χ1) is 17.1. The number of ether oxygens (including phenoxy) is 4. The highest BCUT2D eigenvalue weighted by Crippen LogP contribution is 2.35. The van der Waals surface area contributed by atoms with Crippen LogP contribution in [0.15, 0.2) is 54.6 Å². The van der Waals surface area contributed by atoms with E-state index in [1.165, 1.54) is 19.1 Å². The molecular formula is C27H31NO8. The zero-order chi connectivity index (χ0) is 26.5. The molecule has 1 heterocycles. The van der Waals surface area contributed by atoms with Gasteiger partial charge in [-0.2, -0.15) is 0 Å². The minimum absolute atomic E-state index is 0.0174. The van der Waals surface area contributed by atoms with Crippen LogP contribution in [0.5, 0.6) is 5.75 Å². The summed E-state index contributed by atoms with van der Waals surface area (Å²) in [5.41, 5.74) is -0.194. The van der Waals surface area contributed by atoms with E-state index in [9.17, 15) is 19.2 Å². The molecule has 0 N–H and O–H groups in total. The number of benzene rings is 2. The molecule has 0 aliphatic carbocycles. The molecule has 1 aliphatic heterocycles. The quantitative estimate of drug-likeness (QED) is 0.424. The standard InChI is InChI=1S/C27H31NO8/c1-27(2,3)36-22(29)15-19-21(35-20-14-10-9-13-18(20)25(31)33-4)16-28(23(19)26(32)34-5)24(30)17-11-7-6-8-12-17/h6-14,19,21,23H,15-16H2,1-5H3/t19-,21+,23-/m0/s1. The average Bonchev–Trinajstić information content (AvgIpc) is 3.19. The highest BCUT2D eigenvalue weighted by atomic mass is 16.6. The highest BCUT2D eigenvalue weighted by Gasteiger charge is 2.51. The number of amides is 1.